The van der Waals surface area contributed by atoms with E-state index in [4.69, 9.17) is 5.73 Å². The minimum absolute atomic E-state index is 0.0255. The Labute approximate surface area is 118 Å². The fourth-order valence-corrected chi connectivity index (χ4v) is 3.00. The zero-order valence-corrected chi connectivity index (χ0v) is 13.0. The lowest BCUT2D eigenvalue weighted by atomic mass is 9.89. The van der Waals surface area contributed by atoms with Crippen LogP contribution in [-0.4, -0.2) is 19.4 Å². The summed E-state index contributed by atoms with van der Waals surface area (Å²) in [6, 6.07) is 1.99. The molecule has 0 spiro atoms. The average Bonchev–Trinajstić information content (AvgIpc) is 2.85. The van der Waals surface area contributed by atoms with E-state index in [-0.39, 0.29) is 11.5 Å². The molecule has 19 heavy (non-hydrogen) atoms. The summed E-state index contributed by atoms with van der Waals surface area (Å²) in [5.74, 6) is 0. The number of rotatable bonds is 3. The van der Waals surface area contributed by atoms with Gasteiger partial charge in [-0.1, -0.05) is 25.3 Å². The summed E-state index contributed by atoms with van der Waals surface area (Å²) < 4.78 is 5.96. The van der Waals surface area contributed by atoms with Gasteiger partial charge in [0.1, 0.15) is 0 Å². The van der Waals surface area contributed by atoms with Gasteiger partial charge in [0.2, 0.25) is 0 Å². The SMILES string of the molecule is Cc1cc(CC(N)c2snnc2C(C)(C)C)n(C)n1. The van der Waals surface area contributed by atoms with Crippen molar-refractivity contribution in [2.45, 2.75) is 45.6 Å². The minimum atomic E-state index is -0.0796. The van der Waals surface area contributed by atoms with Gasteiger partial charge < -0.3 is 5.73 Å². The molecule has 0 aliphatic carbocycles. The molecule has 0 aromatic carbocycles. The highest BCUT2D eigenvalue weighted by Crippen LogP contribution is 2.30. The van der Waals surface area contributed by atoms with Gasteiger partial charge in [0.15, 0.2) is 0 Å². The lowest BCUT2D eigenvalue weighted by Gasteiger charge is -2.19. The van der Waals surface area contributed by atoms with Crippen LogP contribution < -0.4 is 5.73 Å². The van der Waals surface area contributed by atoms with Gasteiger partial charge in [0.05, 0.1) is 16.3 Å². The molecule has 0 bridgehead atoms. The molecule has 2 aromatic rings. The summed E-state index contributed by atoms with van der Waals surface area (Å²) in [5.41, 5.74) is 9.47. The van der Waals surface area contributed by atoms with Crippen molar-refractivity contribution >= 4 is 11.5 Å². The summed E-state index contributed by atoms with van der Waals surface area (Å²) in [5, 5.41) is 8.59. The van der Waals surface area contributed by atoms with Crippen LogP contribution in [0.3, 0.4) is 0 Å². The molecule has 0 aliphatic heterocycles. The summed E-state index contributed by atoms with van der Waals surface area (Å²) in [4.78, 5) is 1.08. The third kappa shape index (κ3) is 3.01. The lowest BCUT2D eigenvalue weighted by Crippen LogP contribution is -2.21. The normalized spacial score (nSPS) is 13.8. The molecular formula is C13H21N5S. The van der Waals surface area contributed by atoms with Crippen LogP contribution in [0.2, 0.25) is 0 Å². The van der Waals surface area contributed by atoms with E-state index in [9.17, 15) is 0 Å². The molecule has 2 heterocycles. The fraction of sp³-hybridized carbons (Fsp3) is 0.615. The molecule has 2 rings (SSSR count). The van der Waals surface area contributed by atoms with Crippen molar-refractivity contribution in [3.63, 3.8) is 0 Å². The third-order valence-electron chi connectivity index (χ3n) is 3.09. The molecule has 0 fully saturated rings. The molecule has 2 aromatic heterocycles. The summed E-state index contributed by atoms with van der Waals surface area (Å²) in [7, 11) is 1.95. The van der Waals surface area contributed by atoms with Gasteiger partial charge in [-0.2, -0.15) is 5.10 Å². The van der Waals surface area contributed by atoms with Crippen molar-refractivity contribution in [2.24, 2.45) is 12.8 Å². The molecule has 104 valence electrons. The summed E-state index contributed by atoms with van der Waals surface area (Å²) in [6.45, 7) is 8.39. The lowest BCUT2D eigenvalue weighted by molar-refractivity contribution is 0.547. The van der Waals surface area contributed by atoms with E-state index in [1.807, 2.05) is 18.7 Å². The molecule has 6 heteroatoms. The highest BCUT2D eigenvalue weighted by Gasteiger charge is 2.26. The number of hydrogen-bond donors (Lipinski definition) is 1. The quantitative estimate of drug-likeness (QED) is 0.934. The molecule has 2 N–H and O–H groups in total. The van der Waals surface area contributed by atoms with E-state index < -0.39 is 0 Å². The molecule has 0 aliphatic rings. The first-order chi connectivity index (χ1) is 8.79. The second-order valence-corrected chi connectivity index (χ2v) is 6.73. The fourth-order valence-electron chi connectivity index (χ4n) is 2.13. The first kappa shape index (κ1) is 14.1. The van der Waals surface area contributed by atoms with Crippen molar-refractivity contribution in [3.05, 3.63) is 28.0 Å². The van der Waals surface area contributed by atoms with E-state index in [2.05, 4.69) is 41.5 Å². The molecule has 0 saturated carbocycles. The third-order valence-corrected chi connectivity index (χ3v) is 3.94. The van der Waals surface area contributed by atoms with Crippen molar-refractivity contribution in [1.82, 2.24) is 19.4 Å². The Morgan fingerprint density at radius 1 is 1.42 bits per heavy atom. The van der Waals surface area contributed by atoms with E-state index in [0.717, 1.165) is 28.4 Å². The molecule has 0 amide bonds. The monoisotopic (exact) mass is 279 g/mol. The van der Waals surface area contributed by atoms with Gasteiger partial charge in [0.25, 0.3) is 0 Å². The minimum Gasteiger partial charge on any atom is -0.323 e. The Morgan fingerprint density at radius 3 is 2.63 bits per heavy atom. The van der Waals surface area contributed by atoms with Crippen LogP contribution in [0.4, 0.5) is 0 Å². The maximum absolute atomic E-state index is 6.34. The summed E-state index contributed by atoms with van der Waals surface area (Å²) >= 11 is 1.40. The van der Waals surface area contributed by atoms with Crippen LogP contribution in [0.15, 0.2) is 6.07 Å². The predicted octanol–water partition coefficient (Wildman–Crippen LogP) is 2.12. The maximum atomic E-state index is 6.34. The van der Waals surface area contributed by atoms with E-state index >= 15 is 0 Å². The molecular weight excluding hydrogens is 258 g/mol. The van der Waals surface area contributed by atoms with Crippen molar-refractivity contribution in [3.8, 4) is 0 Å². The van der Waals surface area contributed by atoms with E-state index in [0.29, 0.717) is 0 Å². The smallest absolute Gasteiger partial charge is 0.0857 e. The number of aromatic nitrogens is 4. The number of aryl methyl sites for hydroxylation is 2. The predicted molar refractivity (Wildman–Crippen MR) is 77.2 cm³/mol. The Bertz CT molecular complexity index is 564. The Morgan fingerprint density at radius 2 is 2.11 bits per heavy atom. The molecule has 1 unspecified atom stereocenters. The van der Waals surface area contributed by atoms with Crippen molar-refractivity contribution in [2.75, 3.05) is 0 Å². The van der Waals surface area contributed by atoms with Gasteiger partial charge in [-0.3, -0.25) is 4.68 Å². The van der Waals surface area contributed by atoms with Crippen LogP contribution >= 0.6 is 11.5 Å². The van der Waals surface area contributed by atoms with Gasteiger partial charge in [0, 0.05) is 30.6 Å². The maximum Gasteiger partial charge on any atom is 0.0857 e. The van der Waals surface area contributed by atoms with E-state index in [1.54, 1.807) is 0 Å². The number of nitrogens with two attached hydrogens (primary N) is 1. The van der Waals surface area contributed by atoms with Gasteiger partial charge in [-0.25, -0.2) is 0 Å². The summed E-state index contributed by atoms with van der Waals surface area (Å²) in [6.07, 6.45) is 0.754. The second-order valence-electron chi connectivity index (χ2n) is 5.95. The Balaban J connectivity index is 2.24. The molecule has 5 nitrogen and oxygen atoms in total. The largest absolute Gasteiger partial charge is 0.323 e. The molecule has 0 saturated heterocycles. The van der Waals surface area contributed by atoms with Crippen molar-refractivity contribution < 1.29 is 0 Å². The van der Waals surface area contributed by atoms with Crippen LogP contribution in [0, 0.1) is 6.92 Å². The zero-order valence-electron chi connectivity index (χ0n) is 12.1. The first-order valence-corrected chi connectivity index (χ1v) is 7.14. The number of hydrogen-bond acceptors (Lipinski definition) is 5. The van der Waals surface area contributed by atoms with Gasteiger partial charge in [-0.15, -0.1) is 5.10 Å². The average molecular weight is 279 g/mol. The highest BCUT2D eigenvalue weighted by atomic mass is 32.1. The van der Waals surface area contributed by atoms with Crippen LogP contribution in [0.5, 0.6) is 0 Å². The standard InChI is InChI=1S/C13H21N5S/c1-8-6-9(18(5)16-8)7-10(14)11-12(13(2,3)4)15-17-19-11/h6,10H,7,14H2,1-5H3. The van der Waals surface area contributed by atoms with E-state index in [1.165, 1.54) is 11.5 Å². The number of nitrogens with zero attached hydrogens (tertiary/aromatic N) is 4. The molecule has 1 atom stereocenters. The van der Waals surface area contributed by atoms with Crippen LogP contribution in [-0.2, 0) is 18.9 Å². The first-order valence-electron chi connectivity index (χ1n) is 6.37. The Hall–Kier alpha value is -1.27. The van der Waals surface area contributed by atoms with Gasteiger partial charge in [-0.05, 0) is 24.5 Å². The van der Waals surface area contributed by atoms with Crippen LogP contribution in [0.1, 0.15) is 48.8 Å². The highest BCUT2D eigenvalue weighted by molar-refractivity contribution is 7.05. The molecule has 0 radical (unpaired) electrons. The van der Waals surface area contributed by atoms with Crippen molar-refractivity contribution in [1.29, 1.82) is 0 Å². The van der Waals surface area contributed by atoms with Gasteiger partial charge >= 0.3 is 0 Å². The van der Waals surface area contributed by atoms with Crippen LogP contribution in [0.25, 0.3) is 0 Å². The second kappa shape index (κ2) is 5.02. The topological polar surface area (TPSA) is 69.6 Å². The Kier molecular flexibility index (Phi) is 3.73. The zero-order chi connectivity index (χ0) is 14.2.